The van der Waals surface area contributed by atoms with Crippen LogP contribution in [0.1, 0.15) is 41.6 Å². The van der Waals surface area contributed by atoms with Crippen molar-refractivity contribution in [3.63, 3.8) is 0 Å². The molecule has 1 aliphatic heterocycles. The van der Waals surface area contributed by atoms with Crippen molar-refractivity contribution in [2.75, 3.05) is 26.2 Å². The summed E-state index contributed by atoms with van der Waals surface area (Å²) >= 11 is 0. The van der Waals surface area contributed by atoms with E-state index in [1.807, 2.05) is 29.2 Å². The topological polar surface area (TPSA) is 106 Å². The van der Waals surface area contributed by atoms with E-state index in [0.717, 1.165) is 0 Å². The highest BCUT2D eigenvalue weighted by atomic mass is 16.6. The highest BCUT2D eigenvalue weighted by Crippen LogP contribution is 2.21. The Balaban J connectivity index is 1.31. The first-order chi connectivity index (χ1) is 15.4. The third-order valence-electron chi connectivity index (χ3n) is 5.65. The molecule has 1 aliphatic rings. The molecule has 0 N–H and O–H groups in total. The Bertz CT molecular complexity index is 1080. The van der Waals surface area contributed by atoms with Crippen molar-refractivity contribution in [3.8, 4) is 11.4 Å². The number of nitro benzene ring substituents is 1. The van der Waals surface area contributed by atoms with Crippen molar-refractivity contribution >= 4 is 11.6 Å². The molecule has 1 fully saturated rings. The Morgan fingerprint density at radius 3 is 2.31 bits per heavy atom. The van der Waals surface area contributed by atoms with E-state index >= 15 is 0 Å². The first-order valence-corrected chi connectivity index (χ1v) is 10.6. The van der Waals surface area contributed by atoms with Crippen molar-refractivity contribution in [2.24, 2.45) is 0 Å². The molecule has 1 amide bonds. The molecule has 4 rings (SSSR count). The van der Waals surface area contributed by atoms with Crippen LogP contribution < -0.4 is 0 Å². The fraction of sp³-hybridized carbons (Fsp3) is 0.348. The van der Waals surface area contributed by atoms with Crippen LogP contribution in [0.3, 0.4) is 0 Å². The molecule has 0 aliphatic carbocycles. The van der Waals surface area contributed by atoms with Gasteiger partial charge < -0.3 is 9.42 Å². The second-order valence-corrected chi connectivity index (χ2v) is 8.16. The minimum atomic E-state index is -0.448. The Hall–Kier alpha value is -3.59. The maximum Gasteiger partial charge on any atom is 0.269 e. The fourth-order valence-electron chi connectivity index (χ4n) is 3.66. The Labute approximate surface area is 185 Å². The average molecular weight is 435 g/mol. The fourth-order valence-corrected chi connectivity index (χ4v) is 3.66. The van der Waals surface area contributed by atoms with Crippen molar-refractivity contribution in [2.45, 2.75) is 26.3 Å². The summed E-state index contributed by atoms with van der Waals surface area (Å²) in [5.41, 5.74) is 2.61. The first-order valence-electron chi connectivity index (χ1n) is 10.6. The quantitative estimate of drug-likeness (QED) is 0.429. The number of hydrogen-bond donors (Lipinski definition) is 0. The van der Waals surface area contributed by atoms with Gasteiger partial charge in [-0.1, -0.05) is 31.1 Å². The van der Waals surface area contributed by atoms with Crippen molar-refractivity contribution in [1.82, 2.24) is 19.9 Å². The SMILES string of the molecule is CC(C)c1ccc(C(=O)N2CCN(Cc3nc(-c4ccc([N+](=O)[O-])cc4)no3)CC2)cc1. The summed E-state index contributed by atoms with van der Waals surface area (Å²) < 4.78 is 5.36. The molecule has 9 nitrogen and oxygen atoms in total. The van der Waals surface area contributed by atoms with Crippen LogP contribution in [-0.4, -0.2) is 56.9 Å². The molecule has 9 heteroatoms. The highest BCUT2D eigenvalue weighted by Gasteiger charge is 2.23. The Kier molecular flexibility index (Phi) is 6.27. The Morgan fingerprint density at radius 1 is 1.06 bits per heavy atom. The molecule has 0 bridgehead atoms. The standard InChI is InChI=1S/C23H25N5O4/c1-16(2)17-3-5-19(6-4-17)23(29)27-13-11-26(12-14-27)15-21-24-22(25-32-21)18-7-9-20(10-8-18)28(30)31/h3-10,16H,11-15H2,1-2H3. The van der Waals surface area contributed by atoms with E-state index in [-0.39, 0.29) is 11.6 Å². The van der Waals surface area contributed by atoms with Crippen molar-refractivity contribution in [1.29, 1.82) is 0 Å². The van der Waals surface area contributed by atoms with Gasteiger partial charge in [0.1, 0.15) is 0 Å². The van der Waals surface area contributed by atoms with Crippen LogP contribution in [0.5, 0.6) is 0 Å². The van der Waals surface area contributed by atoms with E-state index in [0.29, 0.717) is 61.5 Å². The molecular weight excluding hydrogens is 410 g/mol. The third kappa shape index (κ3) is 4.83. The van der Waals surface area contributed by atoms with Gasteiger partial charge >= 0.3 is 0 Å². The van der Waals surface area contributed by atoms with E-state index in [1.165, 1.54) is 17.7 Å². The first kappa shape index (κ1) is 21.6. The Morgan fingerprint density at radius 2 is 1.72 bits per heavy atom. The average Bonchev–Trinajstić information content (AvgIpc) is 3.27. The number of amides is 1. The normalized spacial score (nSPS) is 14.7. The molecule has 1 saturated heterocycles. The second kappa shape index (κ2) is 9.27. The van der Waals surface area contributed by atoms with Crippen molar-refractivity contribution in [3.05, 3.63) is 75.7 Å². The van der Waals surface area contributed by atoms with E-state index in [9.17, 15) is 14.9 Å². The predicted octanol–water partition coefficient (Wildman–Crippen LogP) is 3.73. The summed E-state index contributed by atoms with van der Waals surface area (Å²) in [6.07, 6.45) is 0. The highest BCUT2D eigenvalue weighted by molar-refractivity contribution is 5.94. The van der Waals surface area contributed by atoms with E-state index in [4.69, 9.17) is 4.52 Å². The van der Waals surface area contributed by atoms with Crippen molar-refractivity contribution < 1.29 is 14.2 Å². The summed E-state index contributed by atoms with van der Waals surface area (Å²) in [7, 11) is 0. The number of carbonyl (C=O) groups excluding carboxylic acids is 1. The molecule has 0 spiro atoms. The van der Waals surface area contributed by atoms with Gasteiger partial charge in [-0.3, -0.25) is 19.8 Å². The third-order valence-corrected chi connectivity index (χ3v) is 5.65. The number of rotatable bonds is 6. The lowest BCUT2D eigenvalue weighted by molar-refractivity contribution is -0.384. The lowest BCUT2D eigenvalue weighted by Gasteiger charge is -2.34. The lowest BCUT2D eigenvalue weighted by Crippen LogP contribution is -2.48. The van der Waals surface area contributed by atoms with Gasteiger partial charge in [-0.15, -0.1) is 0 Å². The van der Waals surface area contributed by atoms with Gasteiger partial charge in [0.25, 0.3) is 11.6 Å². The molecule has 0 atom stereocenters. The minimum Gasteiger partial charge on any atom is -0.338 e. The van der Waals surface area contributed by atoms with Gasteiger partial charge in [-0.2, -0.15) is 4.98 Å². The molecule has 32 heavy (non-hydrogen) atoms. The van der Waals surface area contributed by atoms with Crippen LogP contribution in [0.25, 0.3) is 11.4 Å². The number of non-ortho nitro benzene ring substituents is 1. The van der Waals surface area contributed by atoms with Gasteiger partial charge in [-0.25, -0.2) is 0 Å². The lowest BCUT2D eigenvalue weighted by atomic mass is 10.0. The summed E-state index contributed by atoms with van der Waals surface area (Å²) in [5, 5.41) is 14.8. The molecule has 2 aromatic carbocycles. The monoisotopic (exact) mass is 435 g/mol. The summed E-state index contributed by atoms with van der Waals surface area (Å²) in [6, 6.07) is 13.9. The number of benzene rings is 2. The number of nitro groups is 1. The molecule has 1 aromatic heterocycles. The van der Waals surface area contributed by atoms with Crippen LogP contribution >= 0.6 is 0 Å². The maximum atomic E-state index is 12.8. The number of piperazine rings is 1. The van der Waals surface area contributed by atoms with Crippen LogP contribution in [0.2, 0.25) is 0 Å². The van der Waals surface area contributed by atoms with Crippen LogP contribution in [-0.2, 0) is 6.54 Å². The molecule has 2 heterocycles. The van der Waals surface area contributed by atoms with Crippen LogP contribution in [0.4, 0.5) is 5.69 Å². The number of carbonyl (C=O) groups is 1. The molecule has 0 saturated carbocycles. The van der Waals surface area contributed by atoms with E-state index in [1.54, 1.807) is 12.1 Å². The number of hydrogen-bond acceptors (Lipinski definition) is 7. The van der Waals surface area contributed by atoms with Gasteiger partial charge in [0.05, 0.1) is 11.5 Å². The summed E-state index contributed by atoms with van der Waals surface area (Å²) in [4.78, 5) is 31.6. The molecule has 166 valence electrons. The van der Waals surface area contributed by atoms with Crippen LogP contribution in [0.15, 0.2) is 53.1 Å². The van der Waals surface area contributed by atoms with E-state index in [2.05, 4.69) is 28.9 Å². The summed E-state index contributed by atoms with van der Waals surface area (Å²) in [5.74, 6) is 1.36. The molecular formula is C23H25N5O4. The zero-order valence-electron chi connectivity index (χ0n) is 18.1. The van der Waals surface area contributed by atoms with Gasteiger partial charge in [0, 0.05) is 49.4 Å². The zero-order valence-corrected chi connectivity index (χ0v) is 18.1. The molecule has 0 radical (unpaired) electrons. The molecule has 0 unspecified atom stereocenters. The smallest absolute Gasteiger partial charge is 0.269 e. The van der Waals surface area contributed by atoms with Gasteiger partial charge in [-0.05, 0) is 35.7 Å². The minimum absolute atomic E-state index is 0.0146. The summed E-state index contributed by atoms with van der Waals surface area (Å²) in [6.45, 7) is 7.45. The number of nitrogens with zero attached hydrogens (tertiary/aromatic N) is 5. The van der Waals surface area contributed by atoms with E-state index < -0.39 is 4.92 Å². The zero-order chi connectivity index (χ0) is 22.7. The largest absolute Gasteiger partial charge is 0.338 e. The maximum absolute atomic E-state index is 12.8. The van der Waals surface area contributed by atoms with Gasteiger partial charge in [0.15, 0.2) is 0 Å². The predicted molar refractivity (Wildman–Crippen MR) is 118 cm³/mol. The van der Waals surface area contributed by atoms with Gasteiger partial charge in [0.2, 0.25) is 11.7 Å². The van der Waals surface area contributed by atoms with Crippen LogP contribution in [0, 0.1) is 10.1 Å². The molecule has 3 aromatic rings. The second-order valence-electron chi connectivity index (χ2n) is 8.16. The number of aromatic nitrogens is 2.